The Morgan fingerprint density at radius 2 is 1.62 bits per heavy atom. The number of phenols is 3. The average molecular weight is 290 g/mol. The standard InChI is InChI=1S/C13H10N2O6/c16-10-6-5-9(11(17)12(10)18)13(19)14-7-1-3-8(4-2-7)15(20)21/h1-6,16-18H,(H,14,19). The van der Waals surface area contributed by atoms with Gasteiger partial charge in [-0.1, -0.05) is 0 Å². The second kappa shape index (κ2) is 5.37. The van der Waals surface area contributed by atoms with E-state index in [0.717, 1.165) is 12.1 Å². The van der Waals surface area contributed by atoms with E-state index in [0.29, 0.717) is 0 Å². The van der Waals surface area contributed by atoms with Gasteiger partial charge in [0, 0.05) is 17.8 Å². The number of carbonyl (C=O) groups is 1. The topological polar surface area (TPSA) is 133 Å². The van der Waals surface area contributed by atoms with Crippen molar-refractivity contribution in [3.05, 3.63) is 52.1 Å². The van der Waals surface area contributed by atoms with E-state index < -0.39 is 28.1 Å². The molecule has 0 radical (unpaired) electrons. The monoisotopic (exact) mass is 290 g/mol. The molecule has 8 nitrogen and oxygen atoms in total. The van der Waals surface area contributed by atoms with Crippen molar-refractivity contribution in [3.8, 4) is 17.2 Å². The molecule has 0 unspecified atom stereocenters. The zero-order valence-electron chi connectivity index (χ0n) is 10.5. The van der Waals surface area contributed by atoms with Gasteiger partial charge in [0.25, 0.3) is 11.6 Å². The summed E-state index contributed by atoms with van der Waals surface area (Å²) in [7, 11) is 0. The number of carbonyl (C=O) groups excluding carboxylic acids is 1. The van der Waals surface area contributed by atoms with Crippen LogP contribution in [-0.2, 0) is 0 Å². The highest BCUT2D eigenvalue weighted by atomic mass is 16.6. The molecule has 2 rings (SSSR count). The number of aromatic hydroxyl groups is 3. The third-order valence-electron chi connectivity index (χ3n) is 2.71. The first kappa shape index (κ1) is 14.1. The molecule has 2 aromatic rings. The molecule has 0 saturated heterocycles. The summed E-state index contributed by atoms with van der Waals surface area (Å²) in [5, 5.41) is 41.0. The number of nitrogens with zero attached hydrogens (tertiary/aromatic N) is 1. The summed E-state index contributed by atoms with van der Waals surface area (Å²) < 4.78 is 0. The van der Waals surface area contributed by atoms with Gasteiger partial charge < -0.3 is 20.6 Å². The van der Waals surface area contributed by atoms with Crippen LogP contribution in [0.2, 0.25) is 0 Å². The lowest BCUT2D eigenvalue weighted by atomic mass is 10.1. The van der Waals surface area contributed by atoms with Crippen molar-refractivity contribution in [2.45, 2.75) is 0 Å². The normalized spacial score (nSPS) is 10.1. The molecule has 0 heterocycles. The molecule has 21 heavy (non-hydrogen) atoms. The van der Waals surface area contributed by atoms with Crippen LogP contribution in [-0.4, -0.2) is 26.2 Å². The zero-order chi connectivity index (χ0) is 15.6. The van der Waals surface area contributed by atoms with Gasteiger partial charge >= 0.3 is 0 Å². The van der Waals surface area contributed by atoms with Crippen molar-refractivity contribution in [1.82, 2.24) is 0 Å². The van der Waals surface area contributed by atoms with Crippen LogP contribution in [0.1, 0.15) is 10.4 Å². The molecule has 1 amide bonds. The molecular formula is C13H10N2O6. The summed E-state index contributed by atoms with van der Waals surface area (Å²) in [6, 6.07) is 7.26. The Bertz CT molecular complexity index is 711. The second-order valence-electron chi connectivity index (χ2n) is 4.09. The number of nitro groups is 1. The highest BCUT2D eigenvalue weighted by Crippen LogP contribution is 2.37. The van der Waals surface area contributed by atoms with E-state index in [2.05, 4.69) is 5.32 Å². The number of anilines is 1. The lowest BCUT2D eigenvalue weighted by molar-refractivity contribution is -0.384. The van der Waals surface area contributed by atoms with Crippen LogP contribution in [0.25, 0.3) is 0 Å². The number of hydrogen-bond acceptors (Lipinski definition) is 6. The van der Waals surface area contributed by atoms with Crippen LogP contribution in [0.4, 0.5) is 11.4 Å². The summed E-state index contributed by atoms with van der Waals surface area (Å²) >= 11 is 0. The van der Waals surface area contributed by atoms with Crippen molar-refractivity contribution in [2.24, 2.45) is 0 Å². The largest absolute Gasteiger partial charge is 0.504 e. The van der Waals surface area contributed by atoms with Gasteiger partial charge in [-0.05, 0) is 24.3 Å². The predicted octanol–water partition coefficient (Wildman–Crippen LogP) is 1.96. The number of phenolic OH excluding ortho intramolecular Hbond substituents is 3. The Labute approximate surface area is 118 Å². The number of nitrogens with one attached hydrogen (secondary N) is 1. The molecule has 4 N–H and O–H groups in total. The van der Waals surface area contributed by atoms with Crippen LogP contribution in [0.5, 0.6) is 17.2 Å². The minimum atomic E-state index is -0.800. The molecule has 0 atom stereocenters. The molecule has 0 aliphatic carbocycles. The number of benzene rings is 2. The smallest absolute Gasteiger partial charge is 0.269 e. The van der Waals surface area contributed by atoms with Crippen LogP contribution in [0.15, 0.2) is 36.4 Å². The first-order valence-corrected chi connectivity index (χ1v) is 5.70. The first-order chi connectivity index (χ1) is 9.90. The third-order valence-corrected chi connectivity index (χ3v) is 2.71. The van der Waals surface area contributed by atoms with Crippen LogP contribution < -0.4 is 5.32 Å². The fraction of sp³-hybridized carbons (Fsp3) is 0. The molecule has 0 aliphatic heterocycles. The van der Waals surface area contributed by atoms with E-state index in [1.54, 1.807) is 0 Å². The molecule has 8 heteroatoms. The van der Waals surface area contributed by atoms with Crippen molar-refractivity contribution >= 4 is 17.3 Å². The van der Waals surface area contributed by atoms with Crippen LogP contribution >= 0.6 is 0 Å². The molecule has 0 saturated carbocycles. The molecule has 2 aromatic carbocycles. The Hall–Kier alpha value is -3.29. The minimum Gasteiger partial charge on any atom is -0.504 e. The number of non-ortho nitro benzene ring substituents is 1. The van der Waals surface area contributed by atoms with Crippen LogP contribution in [0, 0.1) is 10.1 Å². The molecule has 0 spiro atoms. The highest BCUT2D eigenvalue weighted by molar-refractivity contribution is 6.06. The minimum absolute atomic E-state index is 0.127. The zero-order valence-corrected chi connectivity index (χ0v) is 10.5. The van der Waals surface area contributed by atoms with Crippen molar-refractivity contribution in [1.29, 1.82) is 0 Å². The summed E-state index contributed by atoms with van der Waals surface area (Å²) in [5.41, 5.74) is -0.0978. The van der Waals surface area contributed by atoms with Crippen LogP contribution in [0.3, 0.4) is 0 Å². The number of nitro benzene ring substituents is 1. The maximum Gasteiger partial charge on any atom is 0.269 e. The summed E-state index contributed by atoms with van der Waals surface area (Å²) in [6.07, 6.45) is 0. The van der Waals surface area contributed by atoms with Crippen molar-refractivity contribution < 1.29 is 25.0 Å². The highest BCUT2D eigenvalue weighted by Gasteiger charge is 2.17. The Balaban J connectivity index is 2.22. The second-order valence-corrected chi connectivity index (χ2v) is 4.09. The van der Waals surface area contributed by atoms with E-state index in [1.807, 2.05) is 0 Å². The van der Waals surface area contributed by atoms with E-state index in [1.165, 1.54) is 24.3 Å². The number of hydrogen-bond donors (Lipinski definition) is 4. The Kier molecular flexibility index (Phi) is 3.61. The summed E-state index contributed by atoms with van der Waals surface area (Å²) in [6.45, 7) is 0. The maximum atomic E-state index is 11.9. The van der Waals surface area contributed by atoms with Gasteiger partial charge in [0.15, 0.2) is 11.5 Å². The van der Waals surface area contributed by atoms with Gasteiger partial charge in [-0.15, -0.1) is 0 Å². The van der Waals surface area contributed by atoms with Crippen molar-refractivity contribution in [2.75, 3.05) is 5.32 Å². The summed E-state index contributed by atoms with van der Waals surface area (Å²) in [5.74, 6) is -2.85. The number of rotatable bonds is 3. The van der Waals surface area contributed by atoms with E-state index in [4.69, 9.17) is 0 Å². The van der Waals surface area contributed by atoms with E-state index in [-0.39, 0.29) is 16.9 Å². The maximum absolute atomic E-state index is 11.9. The lowest BCUT2D eigenvalue weighted by Crippen LogP contribution is -2.12. The molecule has 0 bridgehead atoms. The SMILES string of the molecule is O=C(Nc1ccc([N+](=O)[O-])cc1)c1ccc(O)c(O)c1O. The molecule has 0 fully saturated rings. The van der Waals surface area contributed by atoms with Gasteiger partial charge in [0.1, 0.15) is 0 Å². The fourth-order valence-corrected chi connectivity index (χ4v) is 1.62. The lowest BCUT2D eigenvalue weighted by Gasteiger charge is -2.08. The molecule has 0 aliphatic rings. The molecule has 0 aromatic heterocycles. The first-order valence-electron chi connectivity index (χ1n) is 5.70. The summed E-state index contributed by atoms with van der Waals surface area (Å²) in [4.78, 5) is 21.8. The van der Waals surface area contributed by atoms with E-state index >= 15 is 0 Å². The number of amides is 1. The molecular weight excluding hydrogens is 280 g/mol. The van der Waals surface area contributed by atoms with Gasteiger partial charge in [0.2, 0.25) is 5.75 Å². The average Bonchev–Trinajstić information content (AvgIpc) is 2.45. The van der Waals surface area contributed by atoms with Gasteiger partial charge in [0.05, 0.1) is 10.5 Å². The predicted molar refractivity (Wildman–Crippen MR) is 72.5 cm³/mol. The fourth-order valence-electron chi connectivity index (χ4n) is 1.62. The van der Waals surface area contributed by atoms with Gasteiger partial charge in [-0.3, -0.25) is 14.9 Å². The van der Waals surface area contributed by atoms with Crippen molar-refractivity contribution in [3.63, 3.8) is 0 Å². The van der Waals surface area contributed by atoms with Gasteiger partial charge in [-0.25, -0.2) is 0 Å². The third kappa shape index (κ3) is 2.84. The Morgan fingerprint density at radius 3 is 2.19 bits per heavy atom. The van der Waals surface area contributed by atoms with E-state index in [9.17, 15) is 30.2 Å². The Morgan fingerprint density at radius 1 is 1.00 bits per heavy atom. The van der Waals surface area contributed by atoms with Gasteiger partial charge in [-0.2, -0.15) is 0 Å². The quantitative estimate of drug-likeness (QED) is 0.388. The molecule has 108 valence electrons.